The fourth-order valence-electron chi connectivity index (χ4n) is 2.39. The molecule has 0 amide bonds. The minimum absolute atomic E-state index is 0.988. The second-order valence-corrected chi connectivity index (χ2v) is 3.68. The number of hydrogen-bond donors (Lipinski definition) is 0. The third-order valence-corrected chi connectivity index (χ3v) is 2.98. The van der Waals surface area contributed by atoms with E-state index in [-0.39, 0.29) is 0 Å². The van der Waals surface area contributed by atoms with Gasteiger partial charge in [0, 0.05) is 6.04 Å². The van der Waals surface area contributed by atoms with Crippen molar-refractivity contribution in [3.8, 4) is 0 Å². The third-order valence-electron chi connectivity index (χ3n) is 2.98. The molecule has 10 heavy (non-hydrogen) atoms. The van der Waals surface area contributed by atoms with Gasteiger partial charge >= 0.3 is 0 Å². The summed E-state index contributed by atoms with van der Waals surface area (Å²) in [4.78, 5) is 2.70. The van der Waals surface area contributed by atoms with Crippen LogP contribution in [-0.4, -0.2) is 24.0 Å². The minimum Gasteiger partial charge on any atom is -0.300 e. The van der Waals surface area contributed by atoms with E-state index < -0.39 is 0 Å². The van der Waals surface area contributed by atoms with Crippen LogP contribution in [0.5, 0.6) is 0 Å². The molecule has 0 radical (unpaired) electrons. The standard InChI is InChI=1S/C9H17N/c1-2-5-9-6-4-8-10(9)7-3-1/h9H,1-8H2. The highest BCUT2D eigenvalue weighted by atomic mass is 15.2. The van der Waals surface area contributed by atoms with Gasteiger partial charge in [0.15, 0.2) is 0 Å². The second-order valence-electron chi connectivity index (χ2n) is 3.68. The Hall–Kier alpha value is -0.0400. The molecule has 2 heterocycles. The smallest absolute Gasteiger partial charge is 0.00957 e. The maximum absolute atomic E-state index is 2.70. The van der Waals surface area contributed by atoms with Crippen LogP contribution in [0.1, 0.15) is 38.5 Å². The lowest BCUT2D eigenvalue weighted by molar-refractivity contribution is 0.260. The Morgan fingerprint density at radius 2 is 1.60 bits per heavy atom. The molecule has 0 spiro atoms. The molecule has 2 fully saturated rings. The van der Waals surface area contributed by atoms with Gasteiger partial charge in [-0.25, -0.2) is 0 Å². The van der Waals surface area contributed by atoms with Gasteiger partial charge in [-0.1, -0.05) is 12.8 Å². The molecule has 0 aliphatic carbocycles. The van der Waals surface area contributed by atoms with Gasteiger partial charge < -0.3 is 4.90 Å². The summed E-state index contributed by atoms with van der Waals surface area (Å²) >= 11 is 0. The van der Waals surface area contributed by atoms with Crippen LogP contribution in [0.4, 0.5) is 0 Å². The van der Waals surface area contributed by atoms with Gasteiger partial charge in [0.05, 0.1) is 0 Å². The zero-order chi connectivity index (χ0) is 6.81. The Bertz CT molecular complexity index is 99.3. The van der Waals surface area contributed by atoms with E-state index in [0.717, 1.165) is 6.04 Å². The Balaban J connectivity index is 1.95. The minimum atomic E-state index is 0.988. The average molecular weight is 139 g/mol. The molecular weight excluding hydrogens is 122 g/mol. The van der Waals surface area contributed by atoms with Crippen molar-refractivity contribution in [1.82, 2.24) is 4.90 Å². The molecule has 1 atom stereocenters. The predicted octanol–water partition coefficient (Wildman–Crippen LogP) is 2.02. The van der Waals surface area contributed by atoms with Gasteiger partial charge in [-0.15, -0.1) is 0 Å². The molecule has 1 heteroatoms. The summed E-state index contributed by atoms with van der Waals surface area (Å²) in [5.41, 5.74) is 0. The summed E-state index contributed by atoms with van der Waals surface area (Å²) in [6, 6.07) is 0.988. The summed E-state index contributed by atoms with van der Waals surface area (Å²) in [6.07, 6.45) is 8.86. The van der Waals surface area contributed by atoms with Crippen LogP contribution in [0, 0.1) is 0 Å². The van der Waals surface area contributed by atoms with E-state index in [1.165, 1.54) is 51.6 Å². The van der Waals surface area contributed by atoms with Crippen molar-refractivity contribution in [3.05, 3.63) is 0 Å². The van der Waals surface area contributed by atoms with E-state index in [9.17, 15) is 0 Å². The molecule has 0 saturated carbocycles. The summed E-state index contributed by atoms with van der Waals surface area (Å²) < 4.78 is 0. The molecule has 0 aromatic heterocycles. The highest BCUT2D eigenvalue weighted by Gasteiger charge is 2.24. The molecule has 2 saturated heterocycles. The van der Waals surface area contributed by atoms with E-state index in [0.29, 0.717) is 0 Å². The third kappa shape index (κ3) is 1.20. The summed E-state index contributed by atoms with van der Waals surface area (Å²) in [5, 5.41) is 0. The predicted molar refractivity (Wildman–Crippen MR) is 43.1 cm³/mol. The number of nitrogens with zero attached hydrogens (tertiary/aromatic N) is 1. The Morgan fingerprint density at radius 3 is 2.60 bits per heavy atom. The van der Waals surface area contributed by atoms with Crippen molar-refractivity contribution in [2.24, 2.45) is 0 Å². The zero-order valence-corrected chi connectivity index (χ0v) is 6.68. The summed E-state index contributed by atoms with van der Waals surface area (Å²) in [5.74, 6) is 0. The van der Waals surface area contributed by atoms with E-state index in [4.69, 9.17) is 0 Å². The molecular formula is C9H17N. The molecule has 2 aliphatic rings. The lowest BCUT2D eigenvalue weighted by atomic mass is 10.1. The molecule has 0 aromatic rings. The molecule has 0 N–H and O–H groups in total. The molecule has 0 aromatic carbocycles. The van der Waals surface area contributed by atoms with Gasteiger partial charge in [-0.05, 0) is 38.8 Å². The molecule has 1 unspecified atom stereocenters. The highest BCUT2D eigenvalue weighted by Crippen LogP contribution is 2.25. The van der Waals surface area contributed by atoms with Crippen LogP contribution >= 0.6 is 0 Å². The van der Waals surface area contributed by atoms with E-state index in [1.54, 1.807) is 0 Å². The van der Waals surface area contributed by atoms with Crippen molar-refractivity contribution in [3.63, 3.8) is 0 Å². The maximum atomic E-state index is 2.70. The van der Waals surface area contributed by atoms with E-state index >= 15 is 0 Å². The van der Waals surface area contributed by atoms with Crippen molar-refractivity contribution in [2.45, 2.75) is 44.6 Å². The first kappa shape index (κ1) is 6.66. The number of fused-ring (bicyclic) bond motifs is 1. The van der Waals surface area contributed by atoms with E-state index in [2.05, 4.69) is 4.90 Å². The SMILES string of the molecule is C1CCC2CCCN2CC1. The molecule has 2 aliphatic heterocycles. The van der Waals surface area contributed by atoms with Crippen molar-refractivity contribution in [2.75, 3.05) is 13.1 Å². The van der Waals surface area contributed by atoms with Crippen LogP contribution in [0.25, 0.3) is 0 Å². The first-order valence-electron chi connectivity index (χ1n) is 4.71. The van der Waals surface area contributed by atoms with Gasteiger partial charge in [0.25, 0.3) is 0 Å². The number of hydrogen-bond acceptors (Lipinski definition) is 1. The van der Waals surface area contributed by atoms with E-state index in [1.807, 2.05) is 0 Å². The molecule has 0 bridgehead atoms. The molecule has 1 nitrogen and oxygen atoms in total. The van der Waals surface area contributed by atoms with Crippen LogP contribution in [0.2, 0.25) is 0 Å². The summed E-state index contributed by atoms with van der Waals surface area (Å²) in [7, 11) is 0. The van der Waals surface area contributed by atoms with Crippen LogP contribution in [0.15, 0.2) is 0 Å². The fraction of sp³-hybridized carbons (Fsp3) is 1.00. The van der Waals surface area contributed by atoms with Gasteiger partial charge in [0.2, 0.25) is 0 Å². The highest BCUT2D eigenvalue weighted by molar-refractivity contribution is 4.80. The Morgan fingerprint density at radius 1 is 0.800 bits per heavy atom. The fourth-order valence-corrected chi connectivity index (χ4v) is 2.39. The van der Waals surface area contributed by atoms with Crippen molar-refractivity contribution in [1.29, 1.82) is 0 Å². The Labute approximate surface area is 63.4 Å². The average Bonchev–Trinajstić information content (AvgIpc) is 2.28. The van der Waals surface area contributed by atoms with Crippen molar-refractivity contribution < 1.29 is 0 Å². The number of rotatable bonds is 0. The molecule has 2 rings (SSSR count). The van der Waals surface area contributed by atoms with Gasteiger partial charge in [-0.2, -0.15) is 0 Å². The second kappa shape index (κ2) is 2.91. The van der Waals surface area contributed by atoms with Crippen LogP contribution < -0.4 is 0 Å². The monoisotopic (exact) mass is 139 g/mol. The quantitative estimate of drug-likeness (QED) is 0.496. The summed E-state index contributed by atoms with van der Waals surface area (Å²) in [6.45, 7) is 2.79. The van der Waals surface area contributed by atoms with Crippen molar-refractivity contribution >= 4 is 0 Å². The normalized spacial score (nSPS) is 35.4. The topological polar surface area (TPSA) is 3.24 Å². The van der Waals surface area contributed by atoms with Gasteiger partial charge in [-0.3, -0.25) is 0 Å². The maximum Gasteiger partial charge on any atom is 0.00957 e. The first-order chi connectivity index (χ1) is 4.97. The largest absolute Gasteiger partial charge is 0.300 e. The first-order valence-corrected chi connectivity index (χ1v) is 4.71. The van der Waals surface area contributed by atoms with Gasteiger partial charge in [0.1, 0.15) is 0 Å². The van der Waals surface area contributed by atoms with Crippen LogP contribution in [0.3, 0.4) is 0 Å². The van der Waals surface area contributed by atoms with Crippen LogP contribution in [-0.2, 0) is 0 Å². The zero-order valence-electron chi connectivity index (χ0n) is 6.68. The lowest BCUT2D eigenvalue weighted by Crippen LogP contribution is -2.28. The molecule has 58 valence electrons. The lowest BCUT2D eigenvalue weighted by Gasteiger charge is -2.20. The Kier molecular flexibility index (Phi) is 1.94.